The maximum absolute atomic E-state index is 12.7. The van der Waals surface area contributed by atoms with Gasteiger partial charge in [-0.3, -0.25) is 14.3 Å². The molecule has 4 aromatic rings. The fraction of sp³-hybridized carbons (Fsp3) is 0.217. The van der Waals surface area contributed by atoms with Gasteiger partial charge in [0.05, 0.1) is 16.9 Å². The Morgan fingerprint density at radius 2 is 2.03 bits per heavy atom. The van der Waals surface area contributed by atoms with E-state index in [9.17, 15) is 18.0 Å². The maximum Gasteiger partial charge on any atom is 0.417 e. The van der Waals surface area contributed by atoms with E-state index < -0.39 is 11.7 Å². The van der Waals surface area contributed by atoms with Gasteiger partial charge in [-0.15, -0.1) is 11.3 Å². The summed E-state index contributed by atoms with van der Waals surface area (Å²) in [6, 6.07) is 11.3. The number of alkyl halides is 3. The third-order valence-electron chi connectivity index (χ3n) is 5.41. The first kappa shape index (κ1) is 20.7. The van der Waals surface area contributed by atoms with Crippen LogP contribution in [0, 0.1) is 0 Å². The zero-order valence-corrected chi connectivity index (χ0v) is 17.6. The molecule has 0 aliphatic carbocycles. The standard InChI is InChI=1S/C23H18F3N3O2S/c24-23(25,26)14-1-2-15(28-11-14)13-31-17-6-8-29(22(30)10-17)16-3-4-18-19-5-7-27-12-21(19)32-20(18)9-16/h1-4,6,8-11,27H,5,7,12-13H2. The Labute approximate surface area is 185 Å². The molecule has 1 N–H and O–H groups in total. The molecule has 1 aromatic carbocycles. The van der Waals surface area contributed by atoms with Gasteiger partial charge in [-0.1, -0.05) is 6.07 Å². The van der Waals surface area contributed by atoms with Crippen LogP contribution in [0.25, 0.3) is 15.8 Å². The van der Waals surface area contributed by atoms with Crippen LogP contribution in [-0.2, 0) is 25.7 Å². The van der Waals surface area contributed by atoms with Crippen molar-refractivity contribution in [3.63, 3.8) is 0 Å². The molecule has 32 heavy (non-hydrogen) atoms. The highest BCUT2D eigenvalue weighted by molar-refractivity contribution is 7.19. The van der Waals surface area contributed by atoms with Crippen LogP contribution in [0.1, 0.15) is 21.7 Å². The molecule has 0 fully saturated rings. The first-order valence-electron chi connectivity index (χ1n) is 10.0. The average Bonchev–Trinajstić information content (AvgIpc) is 3.15. The van der Waals surface area contributed by atoms with Gasteiger partial charge in [-0.2, -0.15) is 13.2 Å². The number of aromatic nitrogens is 2. The largest absolute Gasteiger partial charge is 0.487 e. The molecule has 5 nitrogen and oxygen atoms in total. The Balaban J connectivity index is 1.33. The number of thiophene rings is 1. The zero-order chi connectivity index (χ0) is 22.3. The highest BCUT2D eigenvalue weighted by Crippen LogP contribution is 2.34. The second-order valence-corrected chi connectivity index (χ2v) is 8.64. The first-order valence-corrected chi connectivity index (χ1v) is 10.8. The summed E-state index contributed by atoms with van der Waals surface area (Å²) < 4.78 is 46.1. The summed E-state index contributed by atoms with van der Waals surface area (Å²) >= 11 is 1.75. The number of ether oxygens (including phenoxy) is 1. The minimum Gasteiger partial charge on any atom is -0.487 e. The second kappa shape index (κ2) is 8.07. The number of hydrogen-bond acceptors (Lipinski definition) is 5. The van der Waals surface area contributed by atoms with Crippen molar-refractivity contribution >= 4 is 21.4 Å². The number of pyridine rings is 2. The van der Waals surface area contributed by atoms with Gasteiger partial charge < -0.3 is 10.1 Å². The van der Waals surface area contributed by atoms with Gasteiger partial charge in [-0.05, 0) is 54.2 Å². The van der Waals surface area contributed by atoms with Gasteiger partial charge in [0, 0.05) is 34.6 Å². The summed E-state index contributed by atoms with van der Waals surface area (Å²) in [6.45, 7) is 1.82. The summed E-state index contributed by atoms with van der Waals surface area (Å²) in [5, 5.41) is 4.63. The van der Waals surface area contributed by atoms with E-state index in [-0.39, 0.29) is 12.2 Å². The second-order valence-electron chi connectivity index (χ2n) is 7.51. The normalized spacial score (nSPS) is 13.8. The van der Waals surface area contributed by atoms with Crippen molar-refractivity contribution in [3.05, 3.63) is 86.9 Å². The topological polar surface area (TPSA) is 56.1 Å². The van der Waals surface area contributed by atoms with E-state index in [1.807, 2.05) is 12.1 Å². The summed E-state index contributed by atoms with van der Waals surface area (Å²) in [5.41, 5.74) is 1.42. The third-order valence-corrected chi connectivity index (χ3v) is 6.60. The minimum atomic E-state index is -4.43. The van der Waals surface area contributed by atoms with Gasteiger partial charge in [0.2, 0.25) is 0 Å². The highest BCUT2D eigenvalue weighted by atomic mass is 32.1. The molecule has 0 amide bonds. The number of halogens is 3. The van der Waals surface area contributed by atoms with E-state index in [4.69, 9.17) is 4.74 Å². The van der Waals surface area contributed by atoms with Crippen molar-refractivity contribution in [2.75, 3.05) is 6.54 Å². The number of nitrogens with one attached hydrogen (secondary N) is 1. The van der Waals surface area contributed by atoms with Crippen LogP contribution in [0.4, 0.5) is 13.2 Å². The minimum absolute atomic E-state index is 0.0394. The summed E-state index contributed by atoms with van der Waals surface area (Å²) in [7, 11) is 0. The molecule has 3 aromatic heterocycles. The van der Waals surface area contributed by atoms with Crippen molar-refractivity contribution in [2.24, 2.45) is 0 Å². The van der Waals surface area contributed by atoms with Gasteiger partial charge in [0.1, 0.15) is 12.4 Å². The van der Waals surface area contributed by atoms with Crippen molar-refractivity contribution in [1.29, 1.82) is 0 Å². The van der Waals surface area contributed by atoms with Crippen molar-refractivity contribution in [2.45, 2.75) is 25.7 Å². The predicted molar refractivity (Wildman–Crippen MR) is 116 cm³/mol. The van der Waals surface area contributed by atoms with E-state index in [0.717, 1.165) is 42.2 Å². The van der Waals surface area contributed by atoms with Crippen LogP contribution >= 0.6 is 11.3 Å². The lowest BCUT2D eigenvalue weighted by Gasteiger charge is -2.12. The van der Waals surface area contributed by atoms with Crippen LogP contribution in [-0.4, -0.2) is 16.1 Å². The van der Waals surface area contributed by atoms with Gasteiger partial charge >= 0.3 is 6.18 Å². The number of benzene rings is 1. The molecule has 5 rings (SSSR count). The van der Waals surface area contributed by atoms with Crippen LogP contribution in [0.15, 0.2) is 59.7 Å². The fourth-order valence-corrected chi connectivity index (χ4v) is 5.03. The smallest absolute Gasteiger partial charge is 0.417 e. The molecule has 0 atom stereocenters. The Kier molecular flexibility index (Phi) is 5.22. The molecule has 0 saturated carbocycles. The van der Waals surface area contributed by atoms with E-state index in [0.29, 0.717) is 11.4 Å². The van der Waals surface area contributed by atoms with Gasteiger partial charge in [0.15, 0.2) is 0 Å². The van der Waals surface area contributed by atoms with Crippen molar-refractivity contribution < 1.29 is 17.9 Å². The fourth-order valence-electron chi connectivity index (χ4n) is 3.77. The SMILES string of the molecule is O=c1cc(OCc2ccc(C(F)(F)F)cn2)ccn1-c1ccc2c3c(sc2c1)CNCC3. The molecule has 0 spiro atoms. The van der Waals surface area contributed by atoms with Crippen LogP contribution in [0.2, 0.25) is 0 Å². The van der Waals surface area contributed by atoms with Gasteiger partial charge in [-0.25, -0.2) is 0 Å². The molecule has 0 bridgehead atoms. The molecular weight excluding hydrogens is 439 g/mol. The molecule has 9 heteroatoms. The molecule has 164 valence electrons. The van der Waals surface area contributed by atoms with E-state index in [1.165, 1.54) is 28.0 Å². The molecule has 0 radical (unpaired) electrons. The number of nitrogens with zero attached hydrogens (tertiary/aromatic N) is 2. The molecule has 1 aliphatic rings. The number of fused-ring (bicyclic) bond motifs is 3. The molecule has 0 saturated heterocycles. The highest BCUT2D eigenvalue weighted by Gasteiger charge is 2.30. The Hall–Kier alpha value is -3.17. The van der Waals surface area contributed by atoms with Gasteiger partial charge in [0.25, 0.3) is 5.56 Å². The monoisotopic (exact) mass is 457 g/mol. The summed E-state index contributed by atoms with van der Waals surface area (Å²) in [6.07, 6.45) is -1.02. The zero-order valence-electron chi connectivity index (χ0n) is 16.8. The summed E-state index contributed by atoms with van der Waals surface area (Å²) in [4.78, 5) is 17.8. The van der Waals surface area contributed by atoms with Crippen LogP contribution in [0.5, 0.6) is 5.75 Å². The Bertz CT molecular complexity index is 1340. The molecule has 1 aliphatic heterocycles. The lowest BCUT2D eigenvalue weighted by Crippen LogP contribution is -2.21. The van der Waals surface area contributed by atoms with Crippen LogP contribution < -0.4 is 15.6 Å². The molecule has 4 heterocycles. The maximum atomic E-state index is 12.7. The average molecular weight is 457 g/mol. The van der Waals surface area contributed by atoms with E-state index in [2.05, 4.69) is 16.4 Å². The Morgan fingerprint density at radius 1 is 1.16 bits per heavy atom. The van der Waals surface area contributed by atoms with E-state index in [1.54, 1.807) is 28.2 Å². The quantitative estimate of drug-likeness (QED) is 0.483. The number of rotatable bonds is 4. The first-order chi connectivity index (χ1) is 15.4. The van der Waals surface area contributed by atoms with Crippen molar-refractivity contribution in [3.8, 4) is 11.4 Å². The number of hydrogen-bond donors (Lipinski definition) is 1. The van der Waals surface area contributed by atoms with Crippen molar-refractivity contribution in [1.82, 2.24) is 14.9 Å². The molecule has 0 unspecified atom stereocenters. The Morgan fingerprint density at radius 3 is 2.78 bits per heavy atom. The molecular formula is C23H18F3N3O2S. The van der Waals surface area contributed by atoms with E-state index >= 15 is 0 Å². The lowest BCUT2D eigenvalue weighted by molar-refractivity contribution is -0.137. The lowest BCUT2D eigenvalue weighted by atomic mass is 10.0. The summed E-state index contributed by atoms with van der Waals surface area (Å²) in [5.74, 6) is 0.326. The third kappa shape index (κ3) is 4.01. The predicted octanol–water partition coefficient (Wildman–Crippen LogP) is 4.69. The van der Waals surface area contributed by atoms with Crippen LogP contribution in [0.3, 0.4) is 0 Å².